The summed E-state index contributed by atoms with van der Waals surface area (Å²) in [7, 11) is -3.87. The number of rotatable bonds is 6. The number of anilines is 1. The number of H-pyrrole nitrogens is 1. The molecule has 146 valence electrons. The Morgan fingerprint density at radius 3 is 2.36 bits per heavy atom. The van der Waals surface area contributed by atoms with Crippen molar-refractivity contribution < 1.29 is 13.2 Å². The Morgan fingerprint density at radius 1 is 1.07 bits per heavy atom. The standard InChI is InChI=1S/C20H22N4O3S/c1-13-9-14(2)19(15(3)10-13)28(26,27)24-17-12-22-23-18(17)20(25)21-11-16-7-5-4-6-8-16/h4-10,12,24H,11H2,1-3H3,(H,21,25)(H,22,23). The third kappa shape index (κ3) is 4.23. The lowest BCUT2D eigenvalue weighted by Gasteiger charge is -2.14. The molecule has 0 saturated carbocycles. The third-order valence-electron chi connectivity index (χ3n) is 4.28. The van der Waals surface area contributed by atoms with E-state index in [2.05, 4.69) is 20.2 Å². The number of carbonyl (C=O) groups excluding carboxylic acids is 1. The Bertz CT molecular complexity index is 1080. The lowest BCUT2D eigenvalue weighted by molar-refractivity contribution is 0.0947. The highest BCUT2D eigenvalue weighted by molar-refractivity contribution is 7.92. The molecule has 2 aromatic carbocycles. The Labute approximate surface area is 164 Å². The van der Waals surface area contributed by atoms with Gasteiger partial charge in [-0.2, -0.15) is 5.10 Å². The number of sulfonamides is 1. The van der Waals surface area contributed by atoms with Crippen LogP contribution in [0.3, 0.4) is 0 Å². The number of hydrogen-bond acceptors (Lipinski definition) is 4. The van der Waals surface area contributed by atoms with Gasteiger partial charge in [0, 0.05) is 6.54 Å². The maximum atomic E-state index is 12.9. The SMILES string of the molecule is Cc1cc(C)c(S(=O)(=O)Nc2cn[nH]c2C(=O)NCc2ccccc2)c(C)c1. The fourth-order valence-electron chi connectivity index (χ4n) is 3.19. The van der Waals surface area contributed by atoms with Gasteiger partial charge in [0.1, 0.15) is 5.69 Å². The molecule has 0 unspecified atom stereocenters. The summed E-state index contributed by atoms with van der Waals surface area (Å²) in [5.74, 6) is -0.448. The molecule has 0 aliphatic heterocycles. The molecular weight excluding hydrogens is 376 g/mol. The van der Waals surface area contributed by atoms with Gasteiger partial charge in [-0.25, -0.2) is 8.42 Å². The van der Waals surface area contributed by atoms with Gasteiger partial charge in [-0.3, -0.25) is 14.6 Å². The van der Waals surface area contributed by atoms with Crippen LogP contribution in [0.15, 0.2) is 53.6 Å². The van der Waals surface area contributed by atoms with E-state index in [0.29, 0.717) is 17.7 Å². The predicted octanol–water partition coefficient (Wildman–Crippen LogP) is 3.07. The van der Waals surface area contributed by atoms with Crippen LogP contribution in [-0.2, 0) is 16.6 Å². The lowest BCUT2D eigenvalue weighted by Crippen LogP contribution is -2.25. The molecule has 0 bridgehead atoms. The van der Waals surface area contributed by atoms with Crippen LogP contribution in [0, 0.1) is 20.8 Å². The highest BCUT2D eigenvalue weighted by Gasteiger charge is 2.23. The number of hydrogen-bond donors (Lipinski definition) is 3. The summed E-state index contributed by atoms with van der Waals surface area (Å²) in [6.07, 6.45) is 1.29. The van der Waals surface area contributed by atoms with Gasteiger partial charge in [-0.15, -0.1) is 0 Å². The second-order valence-corrected chi connectivity index (χ2v) is 8.28. The normalized spacial score (nSPS) is 11.2. The molecule has 0 aliphatic rings. The number of aryl methyl sites for hydroxylation is 3. The van der Waals surface area contributed by atoms with Crippen molar-refractivity contribution in [3.8, 4) is 0 Å². The van der Waals surface area contributed by atoms with Crippen LogP contribution in [0.4, 0.5) is 5.69 Å². The molecule has 0 spiro atoms. The van der Waals surface area contributed by atoms with Crippen molar-refractivity contribution in [3.05, 3.63) is 76.6 Å². The first kappa shape index (κ1) is 19.6. The molecule has 1 aromatic heterocycles. The summed E-state index contributed by atoms with van der Waals surface area (Å²) in [6, 6.07) is 13.0. The molecule has 0 atom stereocenters. The van der Waals surface area contributed by atoms with E-state index in [1.165, 1.54) is 6.20 Å². The van der Waals surface area contributed by atoms with Crippen LogP contribution < -0.4 is 10.0 Å². The van der Waals surface area contributed by atoms with Gasteiger partial charge in [-0.05, 0) is 37.5 Å². The van der Waals surface area contributed by atoms with E-state index in [1.807, 2.05) is 49.4 Å². The van der Waals surface area contributed by atoms with Crippen molar-refractivity contribution >= 4 is 21.6 Å². The smallest absolute Gasteiger partial charge is 0.271 e. The van der Waals surface area contributed by atoms with Crippen molar-refractivity contribution in [3.63, 3.8) is 0 Å². The number of aromatic nitrogens is 2. The number of nitrogens with one attached hydrogen (secondary N) is 3. The highest BCUT2D eigenvalue weighted by atomic mass is 32.2. The van der Waals surface area contributed by atoms with E-state index in [0.717, 1.165) is 11.1 Å². The van der Waals surface area contributed by atoms with Gasteiger partial charge in [0.25, 0.3) is 15.9 Å². The molecule has 8 heteroatoms. The van der Waals surface area contributed by atoms with Gasteiger partial charge >= 0.3 is 0 Å². The second kappa shape index (κ2) is 7.85. The molecule has 1 heterocycles. The maximum Gasteiger partial charge on any atom is 0.271 e. The molecule has 28 heavy (non-hydrogen) atoms. The molecular formula is C20H22N4O3S. The quantitative estimate of drug-likeness (QED) is 0.593. The number of nitrogens with zero attached hydrogens (tertiary/aromatic N) is 1. The van der Waals surface area contributed by atoms with Crippen molar-refractivity contribution in [2.24, 2.45) is 0 Å². The lowest BCUT2D eigenvalue weighted by atomic mass is 10.1. The van der Waals surface area contributed by atoms with Gasteiger partial charge in [0.05, 0.1) is 16.8 Å². The summed E-state index contributed by atoms with van der Waals surface area (Å²) < 4.78 is 28.3. The van der Waals surface area contributed by atoms with Crippen molar-refractivity contribution in [1.29, 1.82) is 0 Å². The van der Waals surface area contributed by atoms with Crippen LogP contribution in [0.5, 0.6) is 0 Å². The first-order valence-corrected chi connectivity index (χ1v) is 10.2. The Balaban J connectivity index is 1.81. The minimum atomic E-state index is -3.87. The van der Waals surface area contributed by atoms with E-state index >= 15 is 0 Å². The summed E-state index contributed by atoms with van der Waals surface area (Å²) in [5, 5.41) is 9.14. The average molecular weight is 398 g/mol. The topological polar surface area (TPSA) is 104 Å². The Hall–Kier alpha value is -3.13. The zero-order valence-corrected chi connectivity index (χ0v) is 16.7. The fourth-order valence-corrected chi connectivity index (χ4v) is 4.70. The molecule has 3 aromatic rings. The third-order valence-corrected chi connectivity index (χ3v) is 5.95. The molecule has 0 aliphatic carbocycles. The van der Waals surface area contributed by atoms with Crippen LogP contribution in [0.2, 0.25) is 0 Å². The van der Waals surface area contributed by atoms with Crippen LogP contribution in [0.25, 0.3) is 0 Å². The number of carbonyl (C=O) groups is 1. The average Bonchev–Trinajstić information content (AvgIpc) is 3.06. The summed E-state index contributed by atoms with van der Waals surface area (Å²) in [4.78, 5) is 12.7. The molecule has 0 radical (unpaired) electrons. The van der Waals surface area contributed by atoms with Crippen molar-refractivity contribution in [2.45, 2.75) is 32.2 Å². The largest absolute Gasteiger partial charge is 0.347 e. The van der Waals surface area contributed by atoms with Gasteiger partial charge < -0.3 is 5.32 Å². The van der Waals surface area contributed by atoms with E-state index < -0.39 is 15.9 Å². The molecule has 7 nitrogen and oxygen atoms in total. The zero-order valence-electron chi connectivity index (χ0n) is 15.9. The summed E-state index contributed by atoms with van der Waals surface area (Å²) >= 11 is 0. The van der Waals surface area contributed by atoms with Crippen LogP contribution >= 0.6 is 0 Å². The van der Waals surface area contributed by atoms with E-state index in [-0.39, 0.29) is 16.3 Å². The fraction of sp³-hybridized carbons (Fsp3) is 0.200. The summed E-state index contributed by atoms with van der Waals surface area (Å²) in [6.45, 7) is 5.73. The molecule has 3 rings (SSSR count). The van der Waals surface area contributed by atoms with Crippen molar-refractivity contribution in [2.75, 3.05) is 4.72 Å². The van der Waals surface area contributed by atoms with Crippen LogP contribution in [-0.4, -0.2) is 24.5 Å². The first-order chi connectivity index (χ1) is 13.3. The predicted molar refractivity (Wildman–Crippen MR) is 108 cm³/mol. The number of amides is 1. The molecule has 0 fully saturated rings. The minimum Gasteiger partial charge on any atom is -0.347 e. The van der Waals surface area contributed by atoms with Crippen LogP contribution in [0.1, 0.15) is 32.7 Å². The van der Waals surface area contributed by atoms with Gasteiger partial charge in [0.2, 0.25) is 0 Å². The zero-order chi connectivity index (χ0) is 20.3. The monoisotopic (exact) mass is 398 g/mol. The number of benzene rings is 2. The van der Waals surface area contributed by atoms with Gasteiger partial charge in [0.15, 0.2) is 0 Å². The van der Waals surface area contributed by atoms with Crippen molar-refractivity contribution in [1.82, 2.24) is 15.5 Å². The molecule has 1 amide bonds. The second-order valence-electron chi connectivity index (χ2n) is 6.66. The number of aromatic amines is 1. The Morgan fingerprint density at radius 2 is 1.71 bits per heavy atom. The molecule has 3 N–H and O–H groups in total. The van der Waals surface area contributed by atoms with E-state index in [4.69, 9.17) is 0 Å². The van der Waals surface area contributed by atoms with E-state index in [9.17, 15) is 13.2 Å². The Kier molecular flexibility index (Phi) is 5.51. The highest BCUT2D eigenvalue weighted by Crippen LogP contribution is 2.25. The summed E-state index contributed by atoms with van der Waals surface area (Å²) in [5.41, 5.74) is 3.36. The molecule has 0 saturated heterocycles. The van der Waals surface area contributed by atoms with Gasteiger partial charge in [-0.1, -0.05) is 48.0 Å². The first-order valence-electron chi connectivity index (χ1n) is 8.74. The minimum absolute atomic E-state index is 0.0573. The maximum absolute atomic E-state index is 12.9. The van der Waals surface area contributed by atoms with E-state index in [1.54, 1.807) is 13.8 Å².